The second-order valence-corrected chi connectivity index (χ2v) is 6.63. The SMILES string of the molecule is Cc1ccc(/C=N/Nc2nnc(SCC(=O)NCc3ccc(F)cc3)n2N)o1. The molecule has 0 fully saturated rings. The van der Waals surface area contributed by atoms with Crippen LogP contribution < -0.4 is 16.6 Å². The van der Waals surface area contributed by atoms with Crippen LogP contribution in [0.3, 0.4) is 0 Å². The van der Waals surface area contributed by atoms with Gasteiger partial charge in [0, 0.05) is 6.54 Å². The van der Waals surface area contributed by atoms with Crippen molar-refractivity contribution in [2.75, 3.05) is 17.0 Å². The van der Waals surface area contributed by atoms with E-state index in [0.717, 1.165) is 23.1 Å². The molecule has 0 spiro atoms. The third-order valence-corrected chi connectivity index (χ3v) is 4.46. The number of anilines is 1. The Labute approximate surface area is 164 Å². The highest BCUT2D eigenvalue weighted by molar-refractivity contribution is 7.99. The highest BCUT2D eigenvalue weighted by atomic mass is 32.2. The van der Waals surface area contributed by atoms with Crippen molar-refractivity contribution >= 4 is 29.8 Å². The van der Waals surface area contributed by atoms with E-state index in [4.69, 9.17) is 10.3 Å². The number of furan rings is 1. The zero-order valence-corrected chi connectivity index (χ0v) is 15.7. The van der Waals surface area contributed by atoms with Gasteiger partial charge in [0.25, 0.3) is 5.95 Å². The van der Waals surface area contributed by atoms with E-state index >= 15 is 0 Å². The number of nitrogen functional groups attached to an aromatic ring is 1. The topological polar surface area (TPSA) is 123 Å². The second kappa shape index (κ2) is 9.04. The number of nitrogens with zero attached hydrogens (tertiary/aromatic N) is 4. The molecule has 4 N–H and O–H groups in total. The summed E-state index contributed by atoms with van der Waals surface area (Å²) < 4.78 is 19.4. The van der Waals surface area contributed by atoms with Crippen LogP contribution >= 0.6 is 11.8 Å². The lowest BCUT2D eigenvalue weighted by Gasteiger charge is -2.05. The van der Waals surface area contributed by atoms with Gasteiger partial charge in [0.1, 0.15) is 17.3 Å². The molecule has 9 nitrogen and oxygen atoms in total. The van der Waals surface area contributed by atoms with E-state index in [9.17, 15) is 9.18 Å². The smallest absolute Gasteiger partial charge is 0.264 e. The number of amides is 1. The molecule has 0 saturated carbocycles. The normalized spacial score (nSPS) is 11.1. The number of hydrogen-bond donors (Lipinski definition) is 3. The van der Waals surface area contributed by atoms with E-state index in [2.05, 4.69) is 26.0 Å². The average molecular weight is 403 g/mol. The third-order valence-electron chi connectivity index (χ3n) is 3.52. The molecule has 11 heteroatoms. The first-order valence-electron chi connectivity index (χ1n) is 8.21. The van der Waals surface area contributed by atoms with E-state index in [1.165, 1.54) is 23.0 Å². The molecule has 0 atom stereocenters. The molecule has 0 bridgehead atoms. The quantitative estimate of drug-likeness (QED) is 0.227. The molecule has 0 radical (unpaired) electrons. The summed E-state index contributed by atoms with van der Waals surface area (Å²) in [7, 11) is 0. The van der Waals surface area contributed by atoms with Crippen LogP contribution in [-0.4, -0.2) is 32.7 Å². The molecule has 1 amide bonds. The van der Waals surface area contributed by atoms with E-state index in [1.54, 1.807) is 18.2 Å². The van der Waals surface area contributed by atoms with Crippen molar-refractivity contribution < 1.29 is 13.6 Å². The average Bonchev–Trinajstić information content (AvgIpc) is 3.25. The molecular formula is C17H18FN7O2S. The van der Waals surface area contributed by atoms with Crippen molar-refractivity contribution in [2.24, 2.45) is 5.10 Å². The molecule has 3 aromatic rings. The molecular weight excluding hydrogens is 385 g/mol. The lowest BCUT2D eigenvalue weighted by Crippen LogP contribution is -2.25. The van der Waals surface area contributed by atoms with Crippen molar-refractivity contribution in [3.63, 3.8) is 0 Å². The zero-order chi connectivity index (χ0) is 19.9. The molecule has 0 aliphatic rings. The summed E-state index contributed by atoms with van der Waals surface area (Å²) in [4.78, 5) is 12.0. The van der Waals surface area contributed by atoms with Gasteiger partial charge >= 0.3 is 0 Å². The predicted molar refractivity (Wildman–Crippen MR) is 104 cm³/mol. The number of hydrazone groups is 1. The summed E-state index contributed by atoms with van der Waals surface area (Å²) in [5.41, 5.74) is 3.46. The number of hydrogen-bond acceptors (Lipinski definition) is 8. The minimum atomic E-state index is -0.319. The van der Waals surface area contributed by atoms with Crippen LogP contribution in [0, 0.1) is 12.7 Å². The van der Waals surface area contributed by atoms with Crippen molar-refractivity contribution in [2.45, 2.75) is 18.6 Å². The fraction of sp³-hybridized carbons (Fsp3) is 0.176. The lowest BCUT2D eigenvalue weighted by molar-refractivity contribution is -0.118. The summed E-state index contributed by atoms with van der Waals surface area (Å²) in [6.07, 6.45) is 1.48. The van der Waals surface area contributed by atoms with Gasteiger partial charge in [0.15, 0.2) is 0 Å². The van der Waals surface area contributed by atoms with Crippen LogP contribution in [0.25, 0.3) is 0 Å². The second-order valence-electron chi connectivity index (χ2n) is 5.69. The maximum absolute atomic E-state index is 12.9. The Kier molecular flexibility index (Phi) is 6.27. The number of nitrogens with one attached hydrogen (secondary N) is 2. The van der Waals surface area contributed by atoms with Crippen LogP contribution in [-0.2, 0) is 11.3 Å². The summed E-state index contributed by atoms with van der Waals surface area (Å²) in [6, 6.07) is 9.51. The third kappa shape index (κ3) is 5.33. The summed E-state index contributed by atoms with van der Waals surface area (Å²) >= 11 is 1.13. The monoisotopic (exact) mass is 403 g/mol. The Morgan fingerprint density at radius 3 is 2.82 bits per heavy atom. The first-order chi connectivity index (χ1) is 13.5. The van der Waals surface area contributed by atoms with Gasteiger partial charge in [-0.05, 0) is 36.8 Å². The summed E-state index contributed by atoms with van der Waals surface area (Å²) in [5.74, 6) is 7.05. The Hall–Kier alpha value is -3.34. The largest absolute Gasteiger partial charge is 0.460 e. The fourth-order valence-electron chi connectivity index (χ4n) is 2.11. The van der Waals surface area contributed by atoms with Crippen molar-refractivity contribution in [1.29, 1.82) is 0 Å². The number of benzene rings is 1. The molecule has 0 unspecified atom stereocenters. The number of aryl methyl sites for hydroxylation is 1. The number of rotatable bonds is 8. The van der Waals surface area contributed by atoms with Crippen LogP contribution in [0.5, 0.6) is 0 Å². The van der Waals surface area contributed by atoms with Gasteiger partial charge in [0.05, 0.1) is 12.0 Å². The van der Waals surface area contributed by atoms with E-state index < -0.39 is 0 Å². The lowest BCUT2D eigenvalue weighted by atomic mass is 10.2. The van der Waals surface area contributed by atoms with Crippen LogP contribution in [0.2, 0.25) is 0 Å². The van der Waals surface area contributed by atoms with Crippen LogP contribution in [0.15, 0.2) is 51.1 Å². The standard InChI is InChI=1S/C17H18FN7O2S/c1-11-2-7-14(27-11)9-21-22-16-23-24-17(25(16)19)28-10-15(26)20-8-12-3-5-13(18)6-4-12/h2-7,9H,8,10,19H2,1H3,(H,20,26)(H,22,23)/b21-9+. The molecule has 1 aromatic carbocycles. The van der Waals surface area contributed by atoms with Crippen LogP contribution in [0.4, 0.5) is 10.3 Å². The van der Waals surface area contributed by atoms with E-state index in [1.807, 2.05) is 13.0 Å². The van der Waals surface area contributed by atoms with Crippen molar-refractivity contribution in [3.8, 4) is 0 Å². The van der Waals surface area contributed by atoms with Crippen LogP contribution in [0.1, 0.15) is 17.1 Å². The molecule has 2 aromatic heterocycles. The maximum Gasteiger partial charge on any atom is 0.264 e. The van der Waals surface area contributed by atoms with Gasteiger partial charge in [-0.25, -0.2) is 14.5 Å². The summed E-state index contributed by atoms with van der Waals surface area (Å²) in [6.45, 7) is 2.14. The van der Waals surface area contributed by atoms with E-state index in [0.29, 0.717) is 17.5 Å². The minimum Gasteiger partial charge on any atom is -0.460 e. The van der Waals surface area contributed by atoms with Crippen molar-refractivity contribution in [1.82, 2.24) is 20.2 Å². The van der Waals surface area contributed by atoms with Gasteiger partial charge in [-0.2, -0.15) is 5.10 Å². The molecule has 28 heavy (non-hydrogen) atoms. The predicted octanol–water partition coefficient (Wildman–Crippen LogP) is 1.89. The fourth-order valence-corrected chi connectivity index (χ4v) is 2.80. The number of carbonyl (C=O) groups is 1. The molecule has 146 valence electrons. The van der Waals surface area contributed by atoms with Gasteiger partial charge in [-0.1, -0.05) is 23.9 Å². The Balaban J connectivity index is 1.46. The number of nitrogens with two attached hydrogens (primary N) is 1. The Morgan fingerprint density at radius 2 is 2.11 bits per heavy atom. The number of halogens is 1. The Bertz CT molecular complexity index is 968. The van der Waals surface area contributed by atoms with E-state index in [-0.39, 0.29) is 23.4 Å². The molecule has 2 heterocycles. The number of aromatic nitrogens is 3. The minimum absolute atomic E-state index is 0.103. The van der Waals surface area contributed by atoms with Gasteiger partial charge in [0.2, 0.25) is 11.1 Å². The summed E-state index contributed by atoms with van der Waals surface area (Å²) in [5, 5.41) is 14.9. The Morgan fingerprint density at radius 1 is 1.32 bits per heavy atom. The first-order valence-corrected chi connectivity index (χ1v) is 9.20. The molecule has 3 rings (SSSR count). The molecule has 0 aliphatic carbocycles. The van der Waals surface area contributed by atoms with Crippen molar-refractivity contribution in [3.05, 3.63) is 59.3 Å². The zero-order valence-electron chi connectivity index (χ0n) is 14.9. The molecule has 0 aliphatic heterocycles. The van der Waals surface area contributed by atoms with Gasteiger partial charge < -0.3 is 15.6 Å². The molecule has 0 saturated heterocycles. The highest BCUT2D eigenvalue weighted by Gasteiger charge is 2.12. The van der Waals surface area contributed by atoms with Gasteiger partial charge in [-0.3, -0.25) is 4.79 Å². The van der Waals surface area contributed by atoms with Gasteiger partial charge in [-0.15, -0.1) is 10.2 Å². The maximum atomic E-state index is 12.9. The number of thioether (sulfide) groups is 1. The first kappa shape index (κ1) is 19.4. The number of carbonyl (C=O) groups excluding carboxylic acids is 1. The highest BCUT2D eigenvalue weighted by Crippen LogP contribution is 2.16.